The van der Waals surface area contributed by atoms with E-state index in [4.69, 9.17) is 0 Å². The minimum atomic E-state index is -0.158. The summed E-state index contributed by atoms with van der Waals surface area (Å²) >= 11 is 0. The summed E-state index contributed by atoms with van der Waals surface area (Å²) in [5, 5.41) is 6.15. The monoisotopic (exact) mass is 326 g/mol. The molecule has 2 aromatic rings. The van der Waals surface area contributed by atoms with Crippen LogP contribution in [0.3, 0.4) is 0 Å². The average Bonchev–Trinajstić information content (AvgIpc) is 2.54. The predicted octanol–water partition coefficient (Wildman–Crippen LogP) is 4.18. The van der Waals surface area contributed by atoms with Crippen molar-refractivity contribution in [2.24, 2.45) is 0 Å². The van der Waals surface area contributed by atoms with Gasteiger partial charge < -0.3 is 10.6 Å². The molecule has 24 heavy (non-hydrogen) atoms. The lowest BCUT2D eigenvalue weighted by molar-refractivity contribution is 0.0948. The van der Waals surface area contributed by atoms with Crippen LogP contribution >= 0.6 is 0 Å². The van der Waals surface area contributed by atoms with Crippen molar-refractivity contribution in [1.29, 1.82) is 0 Å². The Balaban J connectivity index is 2.21. The van der Waals surface area contributed by atoms with Crippen molar-refractivity contribution < 1.29 is 4.79 Å². The highest BCUT2D eigenvalue weighted by Gasteiger charge is 2.12. The summed E-state index contributed by atoms with van der Waals surface area (Å²) in [6, 6.07) is 9.79. The molecule has 0 radical (unpaired) electrons. The highest BCUT2D eigenvalue weighted by Crippen LogP contribution is 2.25. The molecule has 1 heterocycles. The second-order valence-corrected chi connectivity index (χ2v) is 6.19. The Morgan fingerprint density at radius 1 is 1.21 bits per heavy atom. The van der Waals surface area contributed by atoms with E-state index in [9.17, 15) is 4.79 Å². The van der Waals surface area contributed by atoms with E-state index in [1.807, 2.05) is 25.1 Å². The van der Waals surface area contributed by atoms with Crippen molar-refractivity contribution in [2.45, 2.75) is 46.5 Å². The van der Waals surface area contributed by atoms with Crippen LogP contribution in [0.1, 0.15) is 61.3 Å². The van der Waals surface area contributed by atoms with Gasteiger partial charge in [0.1, 0.15) is 5.69 Å². The van der Waals surface area contributed by atoms with Crippen LogP contribution in [0.15, 0.2) is 30.3 Å². The molecule has 5 nitrogen and oxygen atoms in total. The van der Waals surface area contributed by atoms with E-state index in [0.717, 1.165) is 24.2 Å². The fourth-order valence-electron chi connectivity index (χ4n) is 2.44. The Kier molecular flexibility index (Phi) is 6.29. The van der Waals surface area contributed by atoms with E-state index < -0.39 is 0 Å². The van der Waals surface area contributed by atoms with Crippen molar-refractivity contribution in [3.05, 3.63) is 47.3 Å². The second-order valence-electron chi connectivity index (χ2n) is 6.19. The molecular weight excluding hydrogens is 300 g/mol. The zero-order valence-corrected chi connectivity index (χ0v) is 14.9. The number of aryl methyl sites for hydroxylation is 1. The number of aromatic nitrogens is 2. The van der Waals surface area contributed by atoms with Crippen LogP contribution in [0, 0.1) is 6.92 Å². The van der Waals surface area contributed by atoms with Gasteiger partial charge in [0.15, 0.2) is 0 Å². The quantitative estimate of drug-likeness (QED) is 0.749. The van der Waals surface area contributed by atoms with E-state index in [1.54, 1.807) is 6.07 Å². The molecule has 0 unspecified atom stereocenters. The number of benzene rings is 1. The van der Waals surface area contributed by atoms with Crippen LogP contribution in [0.25, 0.3) is 0 Å². The number of para-hydroxylation sites is 1. The average molecular weight is 326 g/mol. The smallest absolute Gasteiger partial charge is 0.270 e. The maximum Gasteiger partial charge on any atom is 0.270 e. The Labute approximate surface area is 143 Å². The number of nitrogens with zero attached hydrogens (tertiary/aromatic N) is 2. The summed E-state index contributed by atoms with van der Waals surface area (Å²) in [6.07, 6.45) is 2.00. The van der Waals surface area contributed by atoms with Crippen molar-refractivity contribution >= 4 is 17.5 Å². The van der Waals surface area contributed by atoms with Crippen LogP contribution in [0.5, 0.6) is 0 Å². The second kappa shape index (κ2) is 8.43. The Morgan fingerprint density at radius 3 is 2.67 bits per heavy atom. The van der Waals surface area contributed by atoms with Crippen LogP contribution in [0.4, 0.5) is 11.6 Å². The van der Waals surface area contributed by atoms with Crippen molar-refractivity contribution in [2.75, 3.05) is 11.9 Å². The van der Waals surface area contributed by atoms with Gasteiger partial charge in [0.25, 0.3) is 5.91 Å². The molecule has 0 saturated heterocycles. The summed E-state index contributed by atoms with van der Waals surface area (Å²) in [5.74, 6) is 0.674. The summed E-state index contributed by atoms with van der Waals surface area (Å²) in [4.78, 5) is 21.0. The van der Waals surface area contributed by atoms with E-state index in [1.165, 1.54) is 5.56 Å². The van der Waals surface area contributed by atoms with Gasteiger partial charge in [0.05, 0.1) is 0 Å². The lowest BCUT2D eigenvalue weighted by Crippen LogP contribution is -2.25. The molecule has 0 atom stereocenters. The summed E-state index contributed by atoms with van der Waals surface area (Å²) in [6.45, 7) is 8.91. The molecule has 0 bridgehead atoms. The topological polar surface area (TPSA) is 66.9 Å². The summed E-state index contributed by atoms with van der Waals surface area (Å²) in [7, 11) is 0. The van der Waals surface area contributed by atoms with Gasteiger partial charge in [-0.15, -0.1) is 0 Å². The predicted molar refractivity (Wildman–Crippen MR) is 97.8 cm³/mol. The largest absolute Gasteiger partial charge is 0.351 e. The number of nitrogens with one attached hydrogen (secondary N) is 2. The molecule has 128 valence electrons. The van der Waals surface area contributed by atoms with Crippen LogP contribution in [-0.2, 0) is 0 Å². The minimum absolute atomic E-state index is 0.158. The first-order valence-electron chi connectivity index (χ1n) is 8.51. The van der Waals surface area contributed by atoms with Crippen molar-refractivity contribution in [3.8, 4) is 0 Å². The molecular formula is C19H26N4O. The number of carbonyl (C=O) groups excluding carboxylic acids is 1. The van der Waals surface area contributed by atoms with Gasteiger partial charge in [0, 0.05) is 17.9 Å². The third-order valence-corrected chi connectivity index (χ3v) is 3.73. The number of anilines is 2. The van der Waals surface area contributed by atoms with Gasteiger partial charge in [-0.1, -0.05) is 45.4 Å². The molecule has 5 heteroatoms. The normalized spacial score (nSPS) is 10.7. The van der Waals surface area contributed by atoms with E-state index >= 15 is 0 Å². The molecule has 0 spiro atoms. The molecule has 1 amide bonds. The van der Waals surface area contributed by atoms with Crippen LogP contribution < -0.4 is 10.6 Å². The number of rotatable bonds is 7. The standard InChI is InChI=1S/C19H26N4O/c1-5-6-11-20-18(24)17-12-14(4)21-19(23-17)22-16-10-8-7-9-15(16)13(2)3/h7-10,12-13H,5-6,11H2,1-4H3,(H,20,24)(H,21,22,23). The zero-order chi connectivity index (χ0) is 17.5. The molecule has 2 N–H and O–H groups in total. The number of unbranched alkanes of at least 4 members (excludes halogenated alkanes) is 1. The third-order valence-electron chi connectivity index (χ3n) is 3.73. The fourth-order valence-corrected chi connectivity index (χ4v) is 2.44. The lowest BCUT2D eigenvalue weighted by Gasteiger charge is -2.14. The maximum atomic E-state index is 12.2. The highest BCUT2D eigenvalue weighted by atomic mass is 16.1. The molecule has 1 aromatic carbocycles. The first kappa shape index (κ1) is 17.9. The van der Waals surface area contributed by atoms with Gasteiger partial charge >= 0.3 is 0 Å². The first-order chi connectivity index (χ1) is 11.5. The molecule has 0 fully saturated rings. The highest BCUT2D eigenvalue weighted by molar-refractivity contribution is 5.92. The Bertz CT molecular complexity index is 698. The molecule has 0 saturated carbocycles. The Morgan fingerprint density at radius 2 is 1.96 bits per heavy atom. The first-order valence-corrected chi connectivity index (χ1v) is 8.51. The number of hydrogen-bond acceptors (Lipinski definition) is 4. The molecule has 0 aliphatic rings. The van der Waals surface area contributed by atoms with E-state index in [0.29, 0.717) is 24.1 Å². The summed E-state index contributed by atoms with van der Waals surface area (Å²) in [5.41, 5.74) is 3.31. The van der Waals surface area contributed by atoms with Gasteiger partial charge in [-0.3, -0.25) is 4.79 Å². The molecule has 2 rings (SSSR count). The SMILES string of the molecule is CCCCNC(=O)c1cc(C)nc(Nc2ccccc2C(C)C)n1. The van der Waals surface area contributed by atoms with Crippen molar-refractivity contribution in [3.63, 3.8) is 0 Å². The molecule has 0 aliphatic carbocycles. The van der Waals surface area contributed by atoms with Crippen molar-refractivity contribution in [1.82, 2.24) is 15.3 Å². The lowest BCUT2D eigenvalue weighted by atomic mass is 10.0. The van der Waals surface area contributed by atoms with E-state index in [-0.39, 0.29) is 5.91 Å². The van der Waals surface area contributed by atoms with Gasteiger partial charge in [0.2, 0.25) is 5.95 Å². The van der Waals surface area contributed by atoms with Gasteiger partial charge in [-0.25, -0.2) is 9.97 Å². The zero-order valence-electron chi connectivity index (χ0n) is 14.9. The van der Waals surface area contributed by atoms with Crippen LogP contribution in [-0.4, -0.2) is 22.4 Å². The minimum Gasteiger partial charge on any atom is -0.351 e. The van der Waals surface area contributed by atoms with Gasteiger partial charge in [-0.05, 0) is 37.0 Å². The maximum absolute atomic E-state index is 12.2. The van der Waals surface area contributed by atoms with Crippen LogP contribution in [0.2, 0.25) is 0 Å². The number of carbonyl (C=O) groups is 1. The van der Waals surface area contributed by atoms with Gasteiger partial charge in [-0.2, -0.15) is 0 Å². The fraction of sp³-hybridized carbons (Fsp3) is 0.421. The Hall–Kier alpha value is -2.43. The number of amides is 1. The van der Waals surface area contributed by atoms with E-state index in [2.05, 4.69) is 47.4 Å². The number of hydrogen-bond donors (Lipinski definition) is 2. The molecule has 1 aromatic heterocycles. The molecule has 0 aliphatic heterocycles. The third kappa shape index (κ3) is 4.78. The summed E-state index contributed by atoms with van der Waals surface area (Å²) < 4.78 is 0.